The van der Waals surface area contributed by atoms with Crippen LogP contribution in [0.1, 0.15) is 23.2 Å². The normalized spacial score (nSPS) is 10.5. The lowest BCUT2D eigenvalue weighted by atomic mass is 10.2. The van der Waals surface area contributed by atoms with E-state index in [0.717, 1.165) is 0 Å². The number of sulfonamides is 1. The van der Waals surface area contributed by atoms with Crippen LogP contribution in [0.25, 0.3) is 0 Å². The third kappa shape index (κ3) is 6.98. The topological polar surface area (TPSA) is 140 Å². The van der Waals surface area contributed by atoms with Crippen molar-refractivity contribution in [2.75, 3.05) is 24.4 Å². The van der Waals surface area contributed by atoms with Crippen LogP contribution in [0.2, 0.25) is 5.02 Å². The Morgan fingerprint density at radius 2 is 1.59 bits per heavy atom. The zero-order valence-corrected chi connectivity index (χ0v) is 18.4. The summed E-state index contributed by atoms with van der Waals surface area (Å²) < 4.78 is 32.6. The number of rotatable bonds is 10. The van der Waals surface area contributed by atoms with Gasteiger partial charge in [-0.3, -0.25) is 9.52 Å². The summed E-state index contributed by atoms with van der Waals surface area (Å²) in [7, 11) is -4.00. The van der Waals surface area contributed by atoms with Gasteiger partial charge < -0.3 is 9.64 Å². The highest BCUT2D eigenvalue weighted by Crippen LogP contribution is 2.22. The van der Waals surface area contributed by atoms with E-state index < -0.39 is 28.5 Å². The Balaban J connectivity index is 2.11. The van der Waals surface area contributed by atoms with Crippen molar-refractivity contribution in [3.63, 3.8) is 0 Å². The van der Waals surface area contributed by atoms with Crippen LogP contribution >= 0.6 is 11.6 Å². The van der Waals surface area contributed by atoms with Crippen LogP contribution in [0.4, 0.5) is 5.69 Å². The van der Waals surface area contributed by atoms with Gasteiger partial charge in [0.15, 0.2) is 6.61 Å². The van der Waals surface area contributed by atoms with Gasteiger partial charge in [-0.1, -0.05) is 23.7 Å². The molecule has 11 heteroatoms. The number of halogens is 1. The molecular formula is C21H19ClN4O5S. The summed E-state index contributed by atoms with van der Waals surface area (Å²) >= 11 is 5.79. The highest BCUT2D eigenvalue weighted by Gasteiger charge is 2.21. The fourth-order valence-corrected chi connectivity index (χ4v) is 3.80. The summed E-state index contributed by atoms with van der Waals surface area (Å²) in [4.78, 5) is 26.1. The molecular weight excluding hydrogens is 456 g/mol. The fraction of sp³-hybridized carbons (Fsp3) is 0.238. The number of carbonyl (C=O) groups is 2. The Labute approximate surface area is 190 Å². The molecule has 2 rings (SSSR count). The number of esters is 1. The summed E-state index contributed by atoms with van der Waals surface area (Å²) in [5.41, 5.74) is -0.107. The molecule has 0 aliphatic rings. The summed E-state index contributed by atoms with van der Waals surface area (Å²) in [6.07, 6.45) is 0.140. The van der Waals surface area contributed by atoms with Crippen molar-refractivity contribution in [3.05, 3.63) is 59.1 Å². The van der Waals surface area contributed by atoms with Gasteiger partial charge in [0.2, 0.25) is 0 Å². The van der Waals surface area contributed by atoms with E-state index in [0.29, 0.717) is 5.02 Å². The Morgan fingerprint density at radius 3 is 2.19 bits per heavy atom. The van der Waals surface area contributed by atoms with E-state index in [9.17, 15) is 18.0 Å². The number of nitriles is 2. The quantitative estimate of drug-likeness (QED) is 0.522. The SMILES string of the molecule is N#CCCN(CCC#N)C(=O)COC(=O)c1ccccc1NS(=O)(=O)c1ccc(Cl)cc1. The van der Waals surface area contributed by atoms with Gasteiger partial charge in [-0.05, 0) is 36.4 Å². The number of para-hydroxylation sites is 1. The van der Waals surface area contributed by atoms with Crippen LogP contribution in [0.3, 0.4) is 0 Å². The summed E-state index contributed by atoms with van der Waals surface area (Å²) in [6, 6.07) is 15.1. The molecule has 32 heavy (non-hydrogen) atoms. The molecule has 2 aromatic carbocycles. The van der Waals surface area contributed by atoms with Crippen molar-refractivity contribution in [3.8, 4) is 12.1 Å². The average Bonchev–Trinajstić information content (AvgIpc) is 2.77. The third-order valence-corrected chi connectivity index (χ3v) is 5.82. The predicted molar refractivity (Wildman–Crippen MR) is 116 cm³/mol. The molecule has 1 N–H and O–H groups in total. The van der Waals surface area contributed by atoms with E-state index >= 15 is 0 Å². The van der Waals surface area contributed by atoms with Gasteiger partial charge in [0.25, 0.3) is 15.9 Å². The van der Waals surface area contributed by atoms with Crippen LogP contribution in [-0.2, 0) is 19.6 Å². The van der Waals surface area contributed by atoms with Crippen LogP contribution < -0.4 is 4.72 Å². The van der Waals surface area contributed by atoms with Crippen molar-refractivity contribution in [2.45, 2.75) is 17.7 Å². The van der Waals surface area contributed by atoms with Gasteiger partial charge in [-0.25, -0.2) is 13.2 Å². The lowest BCUT2D eigenvalue weighted by Gasteiger charge is -2.20. The van der Waals surface area contributed by atoms with Crippen LogP contribution in [0, 0.1) is 22.7 Å². The number of anilines is 1. The molecule has 0 spiro atoms. The molecule has 0 unspecified atom stereocenters. The summed E-state index contributed by atoms with van der Waals surface area (Å²) in [6.45, 7) is -0.411. The summed E-state index contributed by atoms with van der Waals surface area (Å²) in [5, 5.41) is 17.8. The number of amides is 1. The molecule has 0 bridgehead atoms. The molecule has 0 saturated carbocycles. The molecule has 0 atom stereocenters. The van der Waals surface area contributed by atoms with Gasteiger partial charge in [0.1, 0.15) is 0 Å². The number of hydrogen-bond donors (Lipinski definition) is 1. The van der Waals surface area contributed by atoms with Gasteiger partial charge in [0.05, 0.1) is 41.1 Å². The standard InChI is InChI=1S/C21H19ClN4O5S/c22-16-7-9-17(10-8-16)32(29,30)25-19-6-2-1-5-18(19)21(28)31-15-20(27)26(13-3-11-23)14-4-12-24/h1-2,5-10,25H,3-4,13-15H2. The Kier molecular flexibility index (Phi) is 9.02. The minimum atomic E-state index is -4.00. The molecule has 2 aromatic rings. The van der Waals surface area contributed by atoms with E-state index in [4.69, 9.17) is 26.9 Å². The van der Waals surface area contributed by atoms with E-state index in [1.165, 1.54) is 53.4 Å². The average molecular weight is 475 g/mol. The number of carbonyl (C=O) groups excluding carboxylic acids is 2. The first-order valence-electron chi connectivity index (χ1n) is 9.34. The van der Waals surface area contributed by atoms with E-state index in [1.54, 1.807) is 0 Å². The van der Waals surface area contributed by atoms with Gasteiger partial charge in [-0.2, -0.15) is 10.5 Å². The maximum atomic E-state index is 12.6. The summed E-state index contributed by atoms with van der Waals surface area (Å²) in [5.74, 6) is -1.48. The van der Waals surface area contributed by atoms with Crippen molar-refractivity contribution < 1.29 is 22.7 Å². The van der Waals surface area contributed by atoms with Crippen molar-refractivity contribution in [1.82, 2.24) is 4.90 Å². The Hall–Kier alpha value is -3.60. The van der Waals surface area contributed by atoms with Gasteiger partial charge >= 0.3 is 5.97 Å². The fourth-order valence-electron chi connectivity index (χ4n) is 2.59. The predicted octanol–water partition coefficient (Wildman–Crippen LogP) is 2.95. The van der Waals surface area contributed by atoms with Crippen LogP contribution in [-0.4, -0.2) is 44.9 Å². The molecule has 9 nitrogen and oxygen atoms in total. The third-order valence-electron chi connectivity index (χ3n) is 4.18. The van der Waals surface area contributed by atoms with Crippen molar-refractivity contribution >= 4 is 39.2 Å². The molecule has 0 saturated heterocycles. The zero-order chi connectivity index (χ0) is 23.6. The van der Waals surface area contributed by atoms with E-state index in [-0.39, 0.29) is 42.1 Å². The molecule has 1 amide bonds. The van der Waals surface area contributed by atoms with Crippen LogP contribution in [0.5, 0.6) is 0 Å². The van der Waals surface area contributed by atoms with Crippen LogP contribution in [0.15, 0.2) is 53.4 Å². The Bertz CT molecular complexity index is 1140. The second-order valence-electron chi connectivity index (χ2n) is 6.38. The first-order chi connectivity index (χ1) is 15.3. The number of benzene rings is 2. The van der Waals surface area contributed by atoms with Crippen molar-refractivity contribution in [1.29, 1.82) is 10.5 Å². The highest BCUT2D eigenvalue weighted by atomic mass is 35.5. The van der Waals surface area contributed by atoms with E-state index in [2.05, 4.69) is 4.72 Å². The monoisotopic (exact) mass is 474 g/mol. The second kappa shape index (κ2) is 11.7. The maximum Gasteiger partial charge on any atom is 0.340 e. The second-order valence-corrected chi connectivity index (χ2v) is 8.50. The molecule has 166 valence electrons. The molecule has 0 fully saturated rings. The zero-order valence-electron chi connectivity index (χ0n) is 16.8. The molecule has 0 heterocycles. The lowest BCUT2D eigenvalue weighted by molar-refractivity contribution is -0.134. The van der Waals surface area contributed by atoms with Gasteiger partial charge in [-0.15, -0.1) is 0 Å². The smallest absolute Gasteiger partial charge is 0.340 e. The van der Waals surface area contributed by atoms with Crippen molar-refractivity contribution in [2.24, 2.45) is 0 Å². The molecule has 0 radical (unpaired) electrons. The number of nitrogens with zero attached hydrogens (tertiary/aromatic N) is 3. The molecule has 0 aliphatic carbocycles. The largest absolute Gasteiger partial charge is 0.452 e. The van der Waals surface area contributed by atoms with E-state index in [1.807, 2.05) is 12.1 Å². The number of ether oxygens (including phenoxy) is 1. The maximum absolute atomic E-state index is 12.6. The van der Waals surface area contributed by atoms with Gasteiger partial charge in [0, 0.05) is 18.1 Å². The minimum absolute atomic E-state index is 0.0225. The lowest BCUT2D eigenvalue weighted by Crippen LogP contribution is -2.36. The Morgan fingerprint density at radius 1 is 1.00 bits per heavy atom. The minimum Gasteiger partial charge on any atom is -0.452 e. The highest BCUT2D eigenvalue weighted by molar-refractivity contribution is 7.92. The first-order valence-corrected chi connectivity index (χ1v) is 11.2. The molecule has 0 aliphatic heterocycles. The number of hydrogen-bond acceptors (Lipinski definition) is 7. The first kappa shape index (κ1) is 24.7. The molecule has 0 aromatic heterocycles. The number of nitrogens with one attached hydrogen (secondary N) is 1.